The fourth-order valence-corrected chi connectivity index (χ4v) is 6.84. The molecule has 1 aliphatic heterocycles. The summed E-state index contributed by atoms with van der Waals surface area (Å²) in [6.07, 6.45) is 4.66. The Bertz CT molecular complexity index is 1320. The van der Waals surface area contributed by atoms with Gasteiger partial charge in [0.15, 0.2) is 4.80 Å². The highest BCUT2D eigenvalue weighted by Gasteiger charge is 2.33. The van der Waals surface area contributed by atoms with Crippen LogP contribution in [0.1, 0.15) is 43.7 Å². The molecule has 0 bridgehead atoms. The largest absolute Gasteiger partial charge is 0.319 e. The third-order valence-electron chi connectivity index (χ3n) is 6.29. The van der Waals surface area contributed by atoms with Crippen LogP contribution in [0.4, 0.5) is 0 Å². The Morgan fingerprint density at radius 2 is 1.94 bits per heavy atom. The number of sulfonamides is 1. The van der Waals surface area contributed by atoms with Crippen LogP contribution in [0.5, 0.6) is 0 Å². The molecule has 33 heavy (non-hydrogen) atoms. The van der Waals surface area contributed by atoms with E-state index in [0.29, 0.717) is 24.2 Å². The number of hydrogen-bond acceptors (Lipinski definition) is 4. The van der Waals surface area contributed by atoms with Crippen molar-refractivity contribution in [2.75, 3.05) is 13.1 Å². The molecule has 1 unspecified atom stereocenters. The van der Waals surface area contributed by atoms with Crippen LogP contribution in [0.15, 0.2) is 52.4 Å². The third kappa shape index (κ3) is 5.13. The van der Waals surface area contributed by atoms with Gasteiger partial charge in [0.05, 0.1) is 21.0 Å². The molecule has 1 aliphatic rings. The van der Waals surface area contributed by atoms with E-state index in [4.69, 9.17) is 0 Å². The van der Waals surface area contributed by atoms with Crippen molar-refractivity contribution in [1.29, 1.82) is 0 Å². The maximum atomic E-state index is 13.1. The second-order valence-corrected chi connectivity index (χ2v) is 11.8. The SMILES string of the molecule is CCCCc1ccc2c(c1)sc(=NC(=O)C1CCCN(S(=O)(=O)c3ccc(C)cc3)C1)n2C. The summed E-state index contributed by atoms with van der Waals surface area (Å²) in [5.41, 5.74) is 3.36. The number of unbranched alkanes of at least 4 members (excludes halogenated alkanes) is 1. The van der Waals surface area contributed by atoms with E-state index in [1.165, 1.54) is 21.2 Å². The van der Waals surface area contributed by atoms with Crippen molar-refractivity contribution in [2.45, 2.75) is 50.8 Å². The molecule has 4 rings (SSSR count). The fraction of sp³-hybridized carbons (Fsp3) is 0.440. The Morgan fingerprint density at radius 3 is 2.67 bits per heavy atom. The maximum absolute atomic E-state index is 13.1. The van der Waals surface area contributed by atoms with E-state index >= 15 is 0 Å². The first kappa shape index (κ1) is 23.9. The molecule has 6 nitrogen and oxygen atoms in total. The van der Waals surface area contributed by atoms with Crippen LogP contribution in [-0.4, -0.2) is 36.3 Å². The van der Waals surface area contributed by atoms with Crippen molar-refractivity contribution in [1.82, 2.24) is 8.87 Å². The molecule has 0 spiro atoms. The molecule has 1 amide bonds. The summed E-state index contributed by atoms with van der Waals surface area (Å²) in [6, 6.07) is 13.3. The summed E-state index contributed by atoms with van der Waals surface area (Å²) >= 11 is 1.51. The van der Waals surface area contributed by atoms with Crippen molar-refractivity contribution < 1.29 is 13.2 Å². The number of aryl methyl sites for hydroxylation is 3. The standard InChI is InChI=1S/C25H31N3O3S2/c1-4-5-7-19-11-14-22-23(16-19)32-25(27(22)3)26-24(29)20-8-6-15-28(17-20)33(30,31)21-12-9-18(2)10-13-21/h9-14,16,20H,4-8,15,17H2,1-3H3. The van der Waals surface area contributed by atoms with Gasteiger partial charge in [0.25, 0.3) is 5.91 Å². The van der Waals surface area contributed by atoms with Gasteiger partial charge >= 0.3 is 0 Å². The molecule has 1 atom stereocenters. The van der Waals surface area contributed by atoms with Crippen LogP contribution in [0.25, 0.3) is 10.2 Å². The van der Waals surface area contributed by atoms with Crippen molar-refractivity contribution in [3.8, 4) is 0 Å². The molecular formula is C25H31N3O3S2. The van der Waals surface area contributed by atoms with Gasteiger partial charge in [0.2, 0.25) is 10.0 Å². The number of piperidine rings is 1. The number of benzene rings is 2. The Hall–Kier alpha value is -2.29. The zero-order chi connectivity index (χ0) is 23.6. The second kappa shape index (κ2) is 9.91. The number of fused-ring (bicyclic) bond motifs is 1. The smallest absolute Gasteiger partial charge is 0.252 e. The number of carbonyl (C=O) groups excluding carboxylic acids is 1. The van der Waals surface area contributed by atoms with Crippen molar-refractivity contribution in [2.24, 2.45) is 18.0 Å². The second-order valence-electron chi connectivity index (χ2n) is 8.81. The lowest BCUT2D eigenvalue weighted by molar-refractivity contribution is -0.122. The number of hydrogen-bond donors (Lipinski definition) is 0. The summed E-state index contributed by atoms with van der Waals surface area (Å²) in [5, 5.41) is 0. The van der Waals surface area contributed by atoms with Crippen LogP contribution in [0.3, 0.4) is 0 Å². The van der Waals surface area contributed by atoms with Gasteiger partial charge in [0.1, 0.15) is 0 Å². The predicted octanol–water partition coefficient (Wildman–Crippen LogP) is 4.42. The molecule has 1 saturated heterocycles. The van der Waals surface area contributed by atoms with Gasteiger partial charge in [0, 0.05) is 20.1 Å². The number of rotatable bonds is 6. The van der Waals surface area contributed by atoms with E-state index < -0.39 is 15.9 Å². The van der Waals surface area contributed by atoms with Crippen LogP contribution in [0.2, 0.25) is 0 Å². The highest BCUT2D eigenvalue weighted by atomic mass is 32.2. The minimum absolute atomic E-state index is 0.175. The van der Waals surface area contributed by atoms with Crippen LogP contribution in [0, 0.1) is 12.8 Å². The van der Waals surface area contributed by atoms with E-state index in [1.54, 1.807) is 24.3 Å². The van der Waals surface area contributed by atoms with Crippen LogP contribution >= 0.6 is 11.3 Å². The van der Waals surface area contributed by atoms with E-state index in [0.717, 1.165) is 35.0 Å². The normalized spacial score (nSPS) is 18.2. The topological polar surface area (TPSA) is 71.7 Å². The quantitative estimate of drug-likeness (QED) is 0.519. The summed E-state index contributed by atoms with van der Waals surface area (Å²) in [5.74, 6) is -0.670. The Labute approximate surface area is 199 Å². The molecule has 1 fully saturated rings. The van der Waals surface area contributed by atoms with Gasteiger partial charge in [-0.25, -0.2) is 8.42 Å². The number of amides is 1. The average molecular weight is 486 g/mol. The third-order valence-corrected chi connectivity index (χ3v) is 9.26. The molecule has 176 valence electrons. The average Bonchev–Trinajstić information content (AvgIpc) is 3.12. The van der Waals surface area contributed by atoms with Gasteiger partial charge in [-0.2, -0.15) is 9.30 Å². The maximum Gasteiger partial charge on any atom is 0.252 e. The Kier molecular flexibility index (Phi) is 7.16. The van der Waals surface area contributed by atoms with Gasteiger partial charge in [-0.3, -0.25) is 4.79 Å². The van der Waals surface area contributed by atoms with E-state index in [2.05, 4.69) is 30.1 Å². The van der Waals surface area contributed by atoms with E-state index in [1.807, 2.05) is 18.5 Å². The Balaban J connectivity index is 1.56. The highest BCUT2D eigenvalue weighted by molar-refractivity contribution is 7.89. The zero-order valence-electron chi connectivity index (χ0n) is 19.5. The highest BCUT2D eigenvalue weighted by Crippen LogP contribution is 2.25. The molecule has 0 saturated carbocycles. The monoisotopic (exact) mass is 485 g/mol. The summed E-state index contributed by atoms with van der Waals surface area (Å²) < 4.78 is 30.7. The minimum atomic E-state index is -3.62. The van der Waals surface area contributed by atoms with Crippen molar-refractivity contribution in [3.63, 3.8) is 0 Å². The molecule has 0 aliphatic carbocycles. The summed E-state index contributed by atoms with van der Waals surface area (Å²) in [6.45, 7) is 4.71. The lowest BCUT2D eigenvalue weighted by Crippen LogP contribution is -2.42. The fourth-order valence-electron chi connectivity index (χ4n) is 4.23. The lowest BCUT2D eigenvalue weighted by Gasteiger charge is -2.30. The van der Waals surface area contributed by atoms with Crippen LogP contribution in [-0.2, 0) is 28.3 Å². The number of nitrogens with zero attached hydrogens (tertiary/aromatic N) is 3. The van der Waals surface area contributed by atoms with Gasteiger partial charge < -0.3 is 4.57 Å². The van der Waals surface area contributed by atoms with Gasteiger partial charge in [-0.05, 0) is 62.4 Å². The minimum Gasteiger partial charge on any atom is -0.319 e. The number of thiazole rings is 1. The number of carbonyl (C=O) groups is 1. The van der Waals surface area contributed by atoms with Gasteiger partial charge in [-0.1, -0.05) is 48.4 Å². The predicted molar refractivity (Wildman–Crippen MR) is 133 cm³/mol. The molecule has 2 aromatic carbocycles. The summed E-state index contributed by atoms with van der Waals surface area (Å²) in [4.78, 5) is 18.4. The van der Waals surface area contributed by atoms with Crippen molar-refractivity contribution in [3.05, 3.63) is 58.4 Å². The molecule has 8 heteroatoms. The first-order valence-corrected chi connectivity index (χ1v) is 13.8. The molecule has 0 N–H and O–H groups in total. The van der Waals surface area contributed by atoms with E-state index in [9.17, 15) is 13.2 Å². The number of aromatic nitrogens is 1. The molecular weight excluding hydrogens is 454 g/mol. The lowest BCUT2D eigenvalue weighted by atomic mass is 9.99. The zero-order valence-corrected chi connectivity index (χ0v) is 21.1. The van der Waals surface area contributed by atoms with Crippen molar-refractivity contribution >= 4 is 37.5 Å². The molecule has 0 radical (unpaired) electrons. The molecule has 3 aromatic rings. The first-order valence-electron chi connectivity index (χ1n) is 11.5. The van der Waals surface area contributed by atoms with E-state index in [-0.39, 0.29) is 17.3 Å². The first-order chi connectivity index (χ1) is 15.8. The molecule has 1 aromatic heterocycles. The molecule has 2 heterocycles. The Morgan fingerprint density at radius 1 is 1.18 bits per heavy atom. The van der Waals surface area contributed by atoms with Gasteiger partial charge in [-0.15, -0.1) is 0 Å². The van der Waals surface area contributed by atoms with Crippen LogP contribution < -0.4 is 4.80 Å². The summed E-state index contributed by atoms with van der Waals surface area (Å²) in [7, 11) is -1.70.